The highest BCUT2D eigenvalue weighted by atomic mass is 35.5. The van der Waals surface area contributed by atoms with Gasteiger partial charge in [0.25, 0.3) is 5.91 Å². The van der Waals surface area contributed by atoms with Crippen LogP contribution in [0.3, 0.4) is 0 Å². The summed E-state index contributed by atoms with van der Waals surface area (Å²) in [7, 11) is 1.77. The summed E-state index contributed by atoms with van der Waals surface area (Å²) >= 11 is 0. The minimum Gasteiger partial charge on any atom is -0.398 e. The zero-order chi connectivity index (χ0) is 13.0. The van der Waals surface area contributed by atoms with Gasteiger partial charge in [-0.1, -0.05) is 0 Å². The minimum absolute atomic E-state index is 0. The van der Waals surface area contributed by atoms with Crippen LogP contribution in [0.2, 0.25) is 0 Å². The predicted molar refractivity (Wildman–Crippen MR) is 76.4 cm³/mol. The molecule has 1 atom stereocenters. The van der Waals surface area contributed by atoms with E-state index in [0.29, 0.717) is 17.8 Å². The number of anilines is 1. The molecule has 6 heteroatoms. The maximum Gasteiger partial charge on any atom is 0.257 e. The average Bonchev–Trinajstić information content (AvgIpc) is 2.39. The molecule has 19 heavy (non-hydrogen) atoms. The van der Waals surface area contributed by atoms with Gasteiger partial charge in [-0.3, -0.25) is 9.78 Å². The third kappa shape index (κ3) is 4.08. The van der Waals surface area contributed by atoms with Gasteiger partial charge < -0.3 is 15.4 Å². The number of nitrogen functional groups attached to an aromatic ring is 1. The van der Waals surface area contributed by atoms with E-state index >= 15 is 0 Å². The molecular formula is C13H20ClN3O2. The van der Waals surface area contributed by atoms with Crippen molar-refractivity contribution in [2.45, 2.75) is 25.4 Å². The van der Waals surface area contributed by atoms with E-state index in [-0.39, 0.29) is 24.4 Å². The molecule has 2 N–H and O–H groups in total. The molecular weight excluding hydrogens is 266 g/mol. The molecule has 0 spiro atoms. The summed E-state index contributed by atoms with van der Waals surface area (Å²) in [4.78, 5) is 17.8. The molecule has 5 nitrogen and oxygen atoms in total. The molecule has 0 radical (unpaired) electrons. The van der Waals surface area contributed by atoms with Crippen molar-refractivity contribution in [3.05, 3.63) is 24.0 Å². The zero-order valence-electron chi connectivity index (χ0n) is 11.0. The van der Waals surface area contributed by atoms with Crippen LogP contribution in [0.15, 0.2) is 18.5 Å². The van der Waals surface area contributed by atoms with Crippen molar-refractivity contribution in [3.8, 4) is 0 Å². The van der Waals surface area contributed by atoms with Crippen molar-refractivity contribution >= 4 is 24.0 Å². The van der Waals surface area contributed by atoms with Gasteiger partial charge in [0, 0.05) is 38.3 Å². The van der Waals surface area contributed by atoms with Gasteiger partial charge in [-0.15, -0.1) is 12.4 Å². The van der Waals surface area contributed by atoms with E-state index in [4.69, 9.17) is 10.5 Å². The number of rotatable bonds is 3. The van der Waals surface area contributed by atoms with Gasteiger partial charge in [0.15, 0.2) is 0 Å². The largest absolute Gasteiger partial charge is 0.398 e. The Morgan fingerprint density at radius 3 is 3.00 bits per heavy atom. The first kappa shape index (κ1) is 15.7. The number of likely N-dealkylation sites (N-methyl/N-ethyl adjacent to an activating group) is 1. The van der Waals surface area contributed by atoms with Crippen LogP contribution in [0.1, 0.15) is 29.6 Å². The van der Waals surface area contributed by atoms with E-state index in [1.54, 1.807) is 24.2 Å². The Bertz CT molecular complexity index is 422. The number of carbonyl (C=O) groups excluding carboxylic acids is 1. The number of pyridine rings is 1. The fraction of sp³-hybridized carbons (Fsp3) is 0.538. The lowest BCUT2D eigenvalue weighted by atomic mass is 10.1. The van der Waals surface area contributed by atoms with Crippen molar-refractivity contribution in [1.29, 1.82) is 0 Å². The predicted octanol–water partition coefficient (Wildman–Crippen LogP) is 1.73. The molecule has 2 rings (SSSR count). The number of halogens is 1. The van der Waals surface area contributed by atoms with Crippen LogP contribution in [0.5, 0.6) is 0 Å². The van der Waals surface area contributed by atoms with Gasteiger partial charge in [0.05, 0.1) is 11.7 Å². The molecule has 0 aliphatic carbocycles. The molecule has 1 amide bonds. The molecule has 1 fully saturated rings. The molecule has 1 saturated heterocycles. The molecule has 106 valence electrons. The Morgan fingerprint density at radius 1 is 1.58 bits per heavy atom. The summed E-state index contributed by atoms with van der Waals surface area (Å²) in [6.45, 7) is 1.40. The number of carbonyl (C=O) groups is 1. The molecule has 0 saturated carbocycles. The summed E-state index contributed by atoms with van der Waals surface area (Å²) < 4.78 is 5.62. The van der Waals surface area contributed by atoms with E-state index in [1.165, 1.54) is 12.6 Å². The van der Waals surface area contributed by atoms with Gasteiger partial charge in [0.2, 0.25) is 0 Å². The molecule has 1 unspecified atom stereocenters. The van der Waals surface area contributed by atoms with Gasteiger partial charge in [-0.05, 0) is 25.3 Å². The van der Waals surface area contributed by atoms with E-state index < -0.39 is 0 Å². The Kier molecular flexibility index (Phi) is 6.05. The first-order valence-electron chi connectivity index (χ1n) is 6.25. The Morgan fingerprint density at radius 2 is 2.37 bits per heavy atom. The lowest BCUT2D eigenvalue weighted by Crippen LogP contribution is -2.37. The van der Waals surface area contributed by atoms with Crippen LogP contribution in [0, 0.1) is 0 Å². The molecule has 2 heterocycles. The lowest BCUT2D eigenvalue weighted by Gasteiger charge is -2.27. The Hall–Kier alpha value is -1.33. The van der Waals surface area contributed by atoms with Crippen molar-refractivity contribution < 1.29 is 9.53 Å². The number of aromatic nitrogens is 1. The maximum atomic E-state index is 12.2. The van der Waals surface area contributed by atoms with Crippen LogP contribution < -0.4 is 5.73 Å². The standard InChI is InChI=1S/C13H19N3O2.ClH/c1-16(9-10-4-2-3-7-18-10)13(17)11-8-15-6-5-12(11)14;/h5-6,8,10H,2-4,7,9H2,1H3,(H2,14,15);1H. The average molecular weight is 286 g/mol. The second-order valence-electron chi connectivity index (χ2n) is 4.64. The van der Waals surface area contributed by atoms with Crippen molar-refractivity contribution in [3.63, 3.8) is 0 Å². The van der Waals surface area contributed by atoms with Gasteiger partial charge in [0.1, 0.15) is 0 Å². The van der Waals surface area contributed by atoms with E-state index in [0.717, 1.165) is 19.4 Å². The molecule has 1 aliphatic rings. The highest BCUT2D eigenvalue weighted by Crippen LogP contribution is 2.16. The quantitative estimate of drug-likeness (QED) is 0.918. The van der Waals surface area contributed by atoms with Crippen LogP contribution in [-0.2, 0) is 4.74 Å². The topological polar surface area (TPSA) is 68.5 Å². The number of nitrogens with zero attached hydrogens (tertiary/aromatic N) is 2. The number of amides is 1. The van der Waals surface area contributed by atoms with E-state index in [1.807, 2.05) is 0 Å². The minimum atomic E-state index is -0.102. The molecule has 1 aromatic rings. The number of nitrogens with two attached hydrogens (primary N) is 1. The van der Waals surface area contributed by atoms with Crippen LogP contribution in [0.4, 0.5) is 5.69 Å². The Labute approximate surface area is 119 Å². The van der Waals surface area contributed by atoms with Crippen molar-refractivity contribution in [1.82, 2.24) is 9.88 Å². The summed E-state index contributed by atoms with van der Waals surface area (Å²) in [6.07, 6.45) is 6.53. The first-order chi connectivity index (χ1) is 8.68. The van der Waals surface area contributed by atoms with Crippen LogP contribution in [-0.4, -0.2) is 42.1 Å². The second kappa shape index (κ2) is 7.31. The zero-order valence-corrected chi connectivity index (χ0v) is 11.9. The van der Waals surface area contributed by atoms with Crippen molar-refractivity contribution in [2.75, 3.05) is 25.9 Å². The summed E-state index contributed by atoms with van der Waals surface area (Å²) in [5.41, 5.74) is 6.69. The second-order valence-corrected chi connectivity index (χ2v) is 4.64. The maximum absolute atomic E-state index is 12.2. The highest BCUT2D eigenvalue weighted by Gasteiger charge is 2.20. The van der Waals surface area contributed by atoms with Gasteiger partial charge in [-0.25, -0.2) is 0 Å². The monoisotopic (exact) mass is 285 g/mol. The third-order valence-electron chi connectivity index (χ3n) is 3.18. The van der Waals surface area contributed by atoms with E-state index in [9.17, 15) is 4.79 Å². The fourth-order valence-electron chi connectivity index (χ4n) is 2.13. The normalized spacial score (nSPS) is 18.5. The van der Waals surface area contributed by atoms with Crippen LogP contribution >= 0.6 is 12.4 Å². The van der Waals surface area contributed by atoms with Gasteiger partial charge >= 0.3 is 0 Å². The Balaban J connectivity index is 0.00000180. The molecule has 1 aromatic heterocycles. The first-order valence-corrected chi connectivity index (χ1v) is 6.25. The number of hydrogen-bond acceptors (Lipinski definition) is 4. The molecule has 0 aromatic carbocycles. The molecule has 0 bridgehead atoms. The smallest absolute Gasteiger partial charge is 0.257 e. The third-order valence-corrected chi connectivity index (χ3v) is 3.18. The SMILES string of the molecule is CN(CC1CCCCO1)C(=O)c1cnccc1N.Cl. The van der Waals surface area contributed by atoms with Gasteiger partial charge in [-0.2, -0.15) is 0 Å². The van der Waals surface area contributed by atoms with E-state index in [2.05, 4.69) is 4.98 Å². The summed E-state index contributed by atoms with van der Waals surface area (Å²) in [5.74, 6) is -0.102. The highest BCUT2D eigenvalue weighted by molar-refractivity contribution is 5.98. The van der Waals surface area contributed by atoms with Crippen LogP contribution in [0.25, 0.3) is 0 Å². The fourth-order valence-corrected chi connectivity index (χ4v) is 2.13. The molecule has 1 aliphatic heterocycles. The number of ether oxygens (including phenoxy) is 1. The lowest BCUT2D eigenvalue weighted by molar-refractivity contribution is -0.000177. The van der Waals surface area contributed by atoms with Crippen molar-refractivity contribution in [2.24, 2.45) is 0 Å². The number of hydrogen-bond donors (Lipinski definition) is 1. The summed E-state index contributed by atoms with van der Waals surface area (Å²) in [5, 5.41) is 0. The summed E-state index contributed by atoms with van der Waals surface area (Å²) in [6, 6.07) is 1.64.